The largest absolute Gasteiger partial charge is 0.477 e. The molecular weight excluding hydrogens is 785 g/mol. The van der Waals surface area contributed by atoms with Gasteiger partial charge in [-0.2, -0.15) is 0 Å². The normalized spacial score (nSPS) is 24.8. The number of nitrogens with one attached hydrogen (secondary N) is 1. The Hall–Kier alpha value is -5.80. The summed E-state index contributed by atoms with van der Waals surface area (Å²) in [6.45, 7) is 3.22. The first kappa shape index (κ1) is 41.8. The second-order valence-electron chi connectivity index (χ2n) is 14.7. The standard InChI is InChI=1S/C37H42N6O14S/c1-19-31-30(20(2)44)34(47)41(31)32(35(48)49)33(19)58-26-13-27(40(16-26)37(51)57-18-22-5-9-25(10-6-22)43(54)55)28(45)14-29(46)39-12-11-23(15-39)38-36(50)56-17-21-3-7-24(8-4-21)42(52)53/h3-10,19-20,23,26-28,30-31,44-45H,11-18H2,1-2H3,(H,38,50)(H,48,49)/t19-,20-,23-,26+,27+,28?,30-,31-/m1/s1. The molecule has 4 aliphatic heterocycles. The second kappa shape index (κ2) is 17.4. The van der Waals surface area contributed by atoms with E-state index in [-0.39, 0.29) is 56.3 Å². The number of carbonyl (C=O) groups excluding carboxylic acids is 4. The fourth-order valence-electron chi connectivity index (χ4n) is 7.91. The summed E-state index contributed by atoms with van der Waals surface area (Å²) in [6, 6.07) is 8.95. The van der Waals surface area contributed by atoms with Crippen LogP contribution in [0.3, 0.4) is 0 Å². The summed E-state index contributed by atoms with van der Waals surface area (Å²) in [4.78, 5) is 90.0. The number of aliphatic hydroxyl groups is 2. The van der Waals surface area contributed by atoms with Crippen LogP contribution in [0.25, 0.3) is 0 Å². The van der Waals surface area contributed by atoms with Crippen molar-refractivity contribution in [2.24, 2.45) is 11.8 Å². The summed E-state index contributed by atoms with van der Waals surface area (Å²) in [5.74, 6) is -3.47. The molecule has 0 bridgehead atoms. The maximum Gasteiger partial charge on any atom is 0.410 e. The highest BCUT2D eigenvalue weighted by atomic mass is 32.2. The number of aliphatic carboxylic acids is 1. The number of non-ortho nitro benzene ring substituents is 2. The lowest BCUT2D eigenvalue weighted by Crippen LogP contribution is -2.63. The first-order chi connectivity index (χ1) is 27.5. The summed E-state index contributed by atoms with van der Waals surface area (Å²) in [5, 5.41) is 56.0. The van der Waals surface area contributed by atoms with Crippen LogP contribution in [0.15, 0.2) is 59.1 Å². The van der Waals surface area contributed by atoms with Crippen LogP contribution in [0.2, 0.25) is 0 Å². The Morgan fingerprint density at radius 2 is 1.53 bits per heavy atom. The molecule has 4 aliphatic rings. The summed E-state index contributed by atoms with van der Waals surface area (Å²) in [6.07, 6.45) is -3.85. The van der Waals surface area contributed by atoms with Crippen molar-refractivity contribution < 1.29 is 58.6 Å². The number of rotatable bonds is 14. The van der Waals surface area contributed by atoms with Crippen LogP contribution in [-0.2, 0) is 37.1 Å². The van der Waals surface area contributed by atoms with Crippen molar-refractivity contribution in [2.45, 2.75) is 81.9 Å². The molecule has 310 valence electrons. The van der Waals surface area contributed by atoms with Crippen LogP contribution in [0.1, 0.15) is 44.2 Å². The highest BCUT2D eigenvalue weighted by Gasteiger charge is 2.60. The fourth-order valence-corrected chi connectivity index (χ4v) is 9.44. The van der Waals surface area contributed by atoms with Crippen LogP contribution >= 0.6 is 11.8 Å². The molecule has 0 aliphatic carbocycles. The van der Waals surface area contributed by atoms with Crippen LogP contribution < -0.4 is 5.32 Å². The molecule has 58 heavy (non-hydrogen) atoms. The van der Waals surface area contributed by atoms with Gasteiger partial charge < -0.3 is 44.8 Å². The molecular formula is C37H42N6O14S. The number of aliphatic hydroxyl groups excluding tert-OH is 2. The molecule has 8 atom stereocenters. The summed E-state index contributed by atoms with van der Waals surface area (Å²) in [7, 11) is 0. The van der Waals surface area contributed by atoms with E-state index in [4.69, 9.17) is 9.47 Å². The minimum atomic E-state index is -1.39. The van der Waals surface area contributed by atoms with Crippen molar-refractivity contribution in [3.63, 3.8) is 0 Å². The van der Waals surface area contributed by atoms with Crippen LogP contribution in [0.4, 0.5) is 21.0 Å². The molecule has 4 N–H and O–H groups in total. The van der Waals surface area contributed by atoms with Gasteiger partial charge in [-0.25, -0.2) is 14.4 Å². The lowest BCUT2D eigenvalue weighted by atomic mass is 9.79. The average molecular weight is 827 g/mol. The molecule has 4 amide bonds. The Bertz CT molecular complexity index is 2000. The fraction of sp³-hybridized carbons (Fsp3) is 0.486. The number of alkyl carbamates (subject to hydrolysis) is 1. The number of benzene rings is 2. The zero-order valence-corrected chi connectivity index (χ0v) is 32.2. The highest BCUT2D eigenvalue weighted by Crippen LogP contribution is 2.52. The molecule has 2 aromatic rings. The third kappa shape index (κ3) is 8.85. The van der Waals surface area contributed by atoms with Crippen molar-refractivity contribution in [1.82, 2.24) is 20.0 Å². The highest BCUT2D eigenvalue weighted by molar-refractivity contribution is 8.03. The topological polar surface area (TPSA) is 273 Å². The Balaban J connectivity index is 1.09. The van der Waals surface area contributed by atoms with E-state index in [1.807, 2.05) is 0 Å². The van der Waals surface area contributed by atoms with Gasteiger partial charge in [-0.3, -0.25) is 29.8 Å². The number of nitro benzene ring substituents is 2. The number of hydrogen-bond donors (Lipinski definition) is 4. The van der Waals surface area contributed by atoms with Gasteiger partial charge in [0, 0.05) is 60.0 Å². The van der Waals surface area contributed by atoms with E-state index < -0.39 is 93.7 Å². The van der Waals surface area contributed by atoms with Gasteiger partial charge in [0.2, 0.25) is 11.8 Å². The Morgan fingerprint density at radius 1 is 0.948 bits per heavy atom. The monoisotopic (exact) mass is 826 g/mol. The Kier molecular flexibility index (Phi) is 12.5. The quantitative estimate of drug-likeness (QED) is 0.121. The Morgan fingerprint density at radius 3 is 2.09 bits per heavy atom. The maximum atomic E-state index is 13.6. The van der Waals surface area contributed by atoms with E-state index in [9.17, 15) is 59.5 Å². The number of amides is 4. The SMILES string of the molecule is C[C@@H](O)[C@H]1C(=O)N2C(C(=O)O)=C(S[C@H]3C[C@@H](C(O)CC(=O)N4CC[C@@H](NC(=O)OCc5ccc([N+](=O)[O-])cc5)C4)N(C(=O)OCc4ccc([N+](=O)[O-])cc4)C3)[C@H](C)[C@H]12. The predicted octanol–water partition coefficient (Wildman–Crippen LogP) is 2.75. The molecule has 3 saturated heterocycles. The molecule has 20 nitrogen and oxygen atoms in total. The molecule has 3 fully saturated rings. The van der Waals surface area contributed by atoms with E-state index in [1.54, 1.807) is 6.92 Å². The number of β-lactam (4-membered cyclic amide) rings is 1. The number of nitro groups is 2. The van der Waals surface area contributed by atoms with Gasteiger partial charge >= 0.3 is 18.2 Å². The van der Waals surface area contributed by atoms with Crippen molar-refractivity contribution in [2.75, 3.05) is 19.6 Å². The molecule has 6 rings (SSSR count). The van der Waals surface area contributed by atoms with Crippen molar-refractivity contribution in [3.05, 3.63) is 90.5 Å². The molecule has 0 aromatic heterocycles. The number of nitrogens with zero attached hydrogens (tertiary/aromatic N) is 5. The second-order valence-corrected chi connectivity index (χ2v) is 16.0. The number of carboxylic acid groups (broad SMARTS) is 1. The lowest BCUT2D eigenvalue weighted by molar-refractivity contribution is -0.385. The summed E-state index contributed by atoms with van der Waals surface area (Å²) in [5.41, 5.74) is 0.556. The number of ether oxygens (including phenoxy) is 2. The minimum Gasteiger partial charge on any atom is -0.477 e. The number of likely N-dealkylation sites (tertiary alicyclic amines) is 2. The van der Waals surface area contributed by atoms with Gasteiger partial charge in [0.1, 0.15) is 18.9 Å². The third-order valence-corrected chi connectivity index (χ3v) is 12.4. The van der Waals surface area contributed by atoms with Gasteiger partial charge in [0.05, 0.1) is 52.5 Å². The minimum absolute atomic E-state index is 0.0149. The van der Waals surface area contributed by atoms with E-state index >= 15 is 0 Å². The summed E-state index contributed by atoms with van der Waals surface area (Å²) < 4.78 is 10.8. The molecule has 0 radical (unpaired) electrons. The average Bonchev–Trinajstić information content (AvgIpc) is 3.89. The zero-order chi connectivity index (χ0) is 42.0. The van der Waals surface area contributed by atoms with Crippen LogP contribution in [0, 0.1) is 32.1 Å². The first-order valence-electron chi connectivity index (χ1n) is 18.5. The van der Waals surface area contributed by atoms with E-state index in [0.717, 1.165) is 11.8 Å². The third-order valence-electron chi connectivity index (χ3n) is 10.9. The van der Waals surface area contributed by atoms with Crippen molar-refractivity contribution in [3.8, 4) is 0 Å². The first-order valence-corrected chi connectivity index (χ1v) is 19.4. The van der Waals surface area contributed by atoms with E-state index in [1.165, 1.54) is 70.2 Å². The Labute approximate surface area is 335 Å². The van der Waals surface area contributed by atoms with E-state index in [2.05, 4.69) is 5.32 Å². The molecule has 21 heteroatoms. The lowest BCUT2D eigenvalue weighted by Gasteiger charge is -2.46. The molecule has 0 saturated carbocycles. The molecule has 2 aromatic carbocycles. The van der Waals surface area contributed by atoms with Gasteiger partial charge in [-0.15, -0.1) is 11.8 Å². The van der Waals surface area contributed by atoms with Gasteiger partial charge in [0.25, 0.3) is 11.4 Å². The number of thioether (sulfide) groups is 1. The smallest absolute Gasteiger partial charge is 0.410 e. The molecule has 1 unspecified atom stereocenters. The number of hydrogen-bond acceptors (Lipinski definition) is 14. The predicted molar refractivity (Wildman–Crippen MR) is 201 cm³/mol. The van der Waals surface area contributed by atoms with Crippen LogP contribution in [-0.4, -0.2) is 125 Å². The number of fused-ring (bicyclic) bond motifs is 1. The van der Waals surface area contributed by atoms with Gasteiger partial charge in [-0.05, 0) is 55.2 Å². The number of carbonyl (C=O) groups is 5. The zero-order valence-electron chi connectivity index (χ0n) is 31.4. The summed E-state index contributed by atoms with van der Waals surface area (Å²) >= 11 is 1.16. The van der Waals surface area contributed by atoms with Crippen LogP contribution in [0.5, 0.6) is 0 Å². The van der Waals surface area contributed by atoms with Gasteiger partial charge in [0.15, 0.2) is 0 Å². The van der Waals surface area contributed by atoms with Gasteiger partial charge in [-0.1, -0.05) is 6.92 Å². The maximum absolute atomic E-state index is 13.6. The molecule has 0 spiro atoms. The van der Waals surface area contributed by atoms with Crippen molar-refractivity contribution in [1.29, 1.82) is 0 Å². The van der Waals surface area contributed by atoms with E-state index in [0.29, 0.717) is 22.5 Å². The number of carboxylic acids is 1. The molecule has 4 heterocycles. The van der Waals surface area contributed by atoms with Crippen molar-refractivity contribution >= 4 is 53.1 Å².